The van der Waals surface area contributed by atoms with Crippen molar-refractivity contribution in [1.29, 1.82) is 0 Å². The number of thiophene rings is 1. The van der Waals surface area contributed by atoms with Gasteiger partial charge in [0, 0.05) is 17.1 Å². The van der Waals surface area contributed by atoms with E-state index in [9.17, 15) is 4.79 Å². The minimum Gasteiger partial charge on any atom is -0.459 e. The summed E-state index contributed by atoms with van der Waals surface area (Å²) in [5.41, 5.74) is 1.75. The quantitative estimate of drug-likeness (QED) is 0.508. The van der Waals surface area contributed by atoms with Gasteiger partial charge in [-0.25, -0.2) is 9.97 Å². The van der Waals surface area contributed by atoms with Crippen LogP contribution in [-0.2, 0) is 13.0 Å². The number of hydrogen-bond acceptors (Lipinski definition) is 6. The summed E-state index contributed by atoms with van der Waals surface area (Å²) in [5.74, 6) is 0.833. The Hall–Kier alpha value is -3.19. The first-order valence-corrected chi connectivity index (χ1v) is 9.45. The average molecular weight is 378 g/mol. The molecule has 0 fully saturated rings. The Morgan fingerprint density at radius 2 is 2.11 bits per heavy atom. The van der Waals surface area contributed by atoms with Gasteiger partial charge >= 0.3 is 0 Å². The lowest BCUT2D eigenvalue weighted by atomic mass is 10.2. The van der Waals surface area contributed by atoms with Gasteiger partial charge in [-0.15, -0.1) is 11.3 Å². The molecular weight excluding hydrogens is 360 g/mol. The first kappa shape index (κ1) is 17.2. The fraction of sp³-hybridized carbons (Fsp3) is 0.150. The molecule has 0 radical (unpaired) electrons. The maximum absolute atomic E-state index is 12.1. The van der Waals surface area contributed by atoms with E-state index in [1.165, 1.54) is 11.1 Å². The van der Waals surface area contributed by atoms with Crippen molar-refractivity contribution >= 4 is 39.0 Å². The summed E-state index contributed by atoms with van der Waals surface area (Å²) in [4.78, 5) is 23.1. The van der Waals surface area contributed by atoms with Crippen molar-refractivity contribution in [2.75, 3.05) is 10.6 Å². The highest BCUT2D eigenvalue weighted by Gasteiger charge is 2.10. The van der Waals surface area contributed by atoms with Gasteiger partial charge in [-0.05, 0) is 42.3 Å². The number of furan rings is 1. The van der Waals surface area contributed by atoms with E-state index in [0.717, 1.165) is 28.0 Å². The Balaban J connectivity index is 1.47. The van der Waals surface area contributed by atoms with E-state index < -0.39 is 0 Å². The monoisotopic (exact) mass is 378 g/mol. The lowest BCUT2D eigenvalue weighted by Gasteiger charge is -2.09. The van der Waals surface area contributed by atoms with Crippen molar-refractivity contribution in [2.45, 2.75) is 19.9 Å². The molecular formula is C20H18N4O2S. The van der Waals surface area contributed by atoms with Crippen LogP contribution in [0.4, 0.5) is 11.5 Å². The zero-order chi connectivity index (χ0) is 18.6. The van der Waals surface area contributed by atoms with Gasteiger partial charge in [0.25, 0.3) is 5.91 Å². The van der Waals surface area contributed by atoms with Gasteiger partial charge in [-0.1, -0.05) is 19.1 Å². The third kappa shape index (κ3) is 3.83. The normalized spacial score (nSPS) is 10.9. The third-order valence-corrected chi connectivity index (χ3v) is 5.31. The molecule has 2 N–H and O–H groups in total. The summed E-state index contributed by atoms with van der Waals surface area (Å²) < 4.78 is 5.12. The van der Waals surface area contributed by atoms with Crippen LogP contribution in [0.2, 0.25) is 0 Å². The van der Waals surface area contributed by atoms with Crippen LogP contribution in [0.3, 0.4) is 0 Å². The molecule has 1 amide bonds. The van der Waals surface area contributed by atoms with E-state index in [2.05, 4.69) is 33.6 Å². The second-order valence-corrected chi connectivity index (χ2v) is 7.11. The van der Waals surface area contributed by atoms with Crippen molar-refractivity contribution in [1.82, 2.24) is 9.97 Å². The molecule has 3 aromatic heterocycles. The molecule has 1 aromatic carbocycles. The summed E-state index contributed by atoms with van der Waals surface area (Å²) in [6, 6.07) is 13.1. The Morgan fingerprint density at radius 1 is 1.19 bits per heavy atom. The number of rotatable bonds is 6. The second-order valence-electron chi connectivity index (χ2n) is 5.99. The predicted molar refractivity (Wildman–Crippen MR) is 107 cm³/mol. The van der Waals surface area contributed by atoms with Gasteiger partial charge in [0.2, 0.25) is 0 Å². The minimum absolute atomic E-state index is 0.270. The van der Waals surface area contributed by atoms with Gasteiger partial charge in [-0.3, -0.25) is 4.79 Å². The Kier molecular flexibility index (Phi) is 4.84. The standard InChI is InChI=1S/C20H18N4O2S/c1-2-15-10-16-18(22-12-23-20(16)27-15)21-11-13-5-3-6-14(9-13)24-19(25)17-7-4-8-26-17/h3-10,12H,2,11H2,1H3,(H,24,25)(H,21,22,23). The largest absolute Gasteiger partial charge is 0.459 e. The van der Waals surface area contributed by atoms with Crippen LogP contribution in [0.25, 0.3) is 10.2 Å². The van der Waals surface area contributed by atoms with Gasteiger partial charge in [0.1, 0.15) is 17.0 Å². The van der Waals surface area contributed by atoms with Crippen molar-refractivity contribution in [2.24, 2.45) is 0 Å². The van der Waals surface area contributed by atoms with Crippen molar-refractivity contribution < 1.29 is 9.21 Å². The number of fused-ring (bicyclic) bond motifs is 1. The predicted octanol–water partition coefficient (Wildman–Crippen LogP) is 4.71. The number of carbonyl (C=O) groups is 1. The van der Waals surface area contributed by atoms with E-state index in [-0.39, 0.29) is 11.7 Å². The molecule has 136 valence electrons. The fourth-order valence-corrected chi connectivity index (χ4v) is 3.70. The van der Waals surface area contributed by atoms with Crippen LogP contribution in [0.1, 0.15) is 27.9 Å². The molecule has 0 unspecified atom stereocenters. The molecule has 0 saturated heterocycles. The smallest absolute Gasteiger partial charge is 0.291 e. The summed E-state index contributed by atoms with van der Waals surface area (Å²) in [7, 11) is 0. The highest BCUT2D eigenvalue weighted by atomic mass is 32.1. The Labute approximate surface area is 160 Å². The second kappa shape index (κ2) is 7.59. The summed E-state index contributed by atoms with van der Waals surface area (Å²) >= 11 is 1.69. The molecule has 0 aliphatic heterocycles. The van der Waals surface area contributed by atoms with Gasteiger partial charge in [0.15, 0.2) is 5.76 Å². The number of aryl methyl sites for hydroxylation is 1. The average Bonchev–Trinajstić information content (AvgIpc) is 3.36. The van der Waals surface area contributed by atoms with Gasteiger partial charge < -0.3 is 15.1 Å². The van der Waals surface area contributed by atoms with E-state index >= 15 is 0 Å². The van der Waals surface area contributed by atoms with Crippen LogP contribution in [0, 0.1) is 0 Å². The molecule has 0 saturated carbocycles. The number of nitrogens with zero attached hydrogens (tertiary/aromatic N) is 2. The zero-order valence-electron chi connectivity index (χ0n) is 14.7. The number of carbonyl (C=O) groups excluding carboxylic acids is 1. The topological polar surface area (TPSA) is 80.0 Å². The van der Waals surface area contributed by atoms with Crippen LogP contribution < -0.4 is 10.6 Å². The lowest BCUT2D eigenvalue weighted by Crippen LogP contribution is -2.11. The summed E-state index contributed by atoms with van der Waals surface area (Å²) in [6.45, 7) is 2.72. The molecule has 27 heavy (non-hydrogen) atoms. The third-order valence-electron chi connectivity index (χ3n) is 4.12. The lowest BCUT2D eigenvalue weighted by molar-refractivity contribution is 0.0996. The van der Waals surface area contributed by atoms with Crippen LogP contribution in [0.5, 0.6) is 0 Å². The number of amides is 1. The minimum atomic E-state index is -0.270. The molecule has 6 nitrogen and oxygen atoms in total. The summed E-state index contributed by atoms with van der Waals surface area (Å²) in [5, 5.41) is 7.26. The number of nitrogens with one attached hydrogen (secondary N) is 2. The highest BCUT2D eigenvalue weighted by molar-refractivity contribution is 7.18. The van der Waals surface area contributed by atoms with Gasteiger partial charge in [0.05, 0.1) is 11.6 Å². The van der Waals surface area contributed by atoms with Crippen molar-refractivity contribution in [3.8, 4) is 0 Å². The van der Waals surface area contributed by atoms with Crippen LogP contribution in [0.15, 0.2) is 59.5 Å². The maximum atomic E-state index is 12.1. The van der Waals surface area contributed by atoms with E-state index in [1.807, 2.05) is 24.3 Å². The first-order valence-electron chi connectivity index (χ1n) is 8.64. The molecule has 3 heterocycles. The number of hydrogen-bond donors (Lipinski definition) is 2. The summed E-state index contributed by atoms with van der Waals surface area (Å²) in [6.07, 6.45) is 4.05. The van der Waals surface area contributed by atoms with Crippen LogP contribution >= 0.6 is 11.3 Å². The Morgan fingerprint density at radius 3 is 2.93 bits per heavy atom. The molecule has 0 aliphatic carbocycles. The Bertz CT molecular complexity index is 1070. The van der Waals surface area contributed by atoms with Crippen LogP contribution in [-0.4, -0.2) is 15.9 Å². The number of anilines is 2. The molecule has 7 heteroatoms. The van der Waals surface area contributed by atoms with E-state index in [4.69, 9.17) is 4.42 Å². The van der Waals surface area contributed by atoms with Gasteiger partial charge in [-0.2, -0.15) is 0 Å². The number of aromatic nitrogens is 2. The number of benzene rings is 1. The maximum Gasteiger partial charge on any atom is 0.291 e. The molecule has 0 bridgehead atoms. The molecule has 4 aromatic rings. The van der Waals surface area contributed by atoms with E-state index in [1.54, 1.807) is 29.8 Å². The fourth-order valence-electron chi connectivity index (χ4n) is 2.77. The van der Waals surface area contributed by atoms with Crippen molar-refractivity contribution in [3.05, 3.63) is 71.3 Å². The molecule has 4 rings (SSSR count). The SMILES string of the molecule is CCc1cc2c(NCc3cccc(NC(=O)c4ccco4)c3)ncnc2s1. The molecule has 0 aliphatic rings. The van der Waals surface area contributed by atoms with Crippen molar-refractivity contribution in [3.63, 3.8) is 0 Å². The highest BCUT2D eigenvalue weighted by Crippen LogP contribution is 2.28. The first-order chi connectivity index (χ1) is 13.2. The molecule has 0 atom stereocenters. The molecule has 0 spiro atoms. The van der Waals surface area contributed by atoms with E-state index in [0.29, 0.717) is 12.2 Å². The zero-order valence-corrected chi connectivity index (χ0v) is 15.5.